The Kier molecular flexibility index (Phi) is 5.75. The third-order valence-corrected chi connectivity index (χ3v) is 6.01. The zero-order chi connectivity index (χ0) is 22.1. The van der Waals surface area contributed by atoms with Gasteiger partial charge in [-0.1, -0.05) is 18.9 Å². The number of fused-ring (bicyclic) bond motifs is 1. The predicted octanol–water partition coefficient (Wildman–Crippen LogP) is 2.41. The van der Waals surface area contributed by atoms with Gasteiger partial charge in [0, 0.05) is 44.0 Å². The molecular formula is C22H23F2N3O4. The molecule has 1 aromatic heterocycles. The molecular weight excluding hydrogens is 408 g/mol. The molecule has 0 bridgehead atoms. The quantitative estimate of drug-likeness (QED) is 0.761. The summed E-state index contributed by atoms with van der Waals surface area (Å²) < 4.78 is 28.2. The number of nitrogens with one attached hydrogen (secondary N) is 1. The first-order chi connectivity index (χ1) is 14.8. The molecule has 0 atom stereocenters. The summed E-state index contributed by atoms with van der Waals surface area (Å²) in [7, 11) is 0. The Balaban J connectivity index is 1.53. The summed E-state index contributed by atoms with van der Waals surface area (Å²) in [5, 5.41) is 12.8. The first kappa shape index (κ1) is 21.0. The minimum atomic E-state index is -0.959. The number of rotatable bonds is 5. The van der Waals surface area contributed by atoms with Gasteiger partial charge in [0.05, 0.1) is 0 Å². The Bertz CT molecular complexity index is 1090. The van der Waals surface area contributed by atoms with Crippen molar-refractivity contribution in [1.29, 1.82) is 0 Å². The number of carbonyl (C=O) groups is 2. The second-order valence-corrected chi connectivity index (χ2v) is 8.08. The maximum absolute atomic E-state index is 13.8. The van der Waals surface area contributed by atoms with E-state index in [1.807, 2.05) is 0 Å². The van der Waals surface area contributed by atoms with E-state index < -0.39 is 34.6 Å². The van der Waals surface area contributed by atoms with Crippen molar-refractivity contribution in [3.05, 3.63) is 63.1 Å². The van der Waals surface area contributed by atoms with Crippen LogP contribution in [0.5, 0.6) is 5.75 Å². The lowest BCUT2D eigenvalue weighted by Gasteiger charge is -2.32. The van der Waals surface area contributed by atoms with Crippen LogP contribution in [0.3, 0.4) is 0 Å². The topological polar surface area (TPSA) is 91.6 Å². The van der Waals surface area contributed by atoms with Gasteiger partial charge in [-0.05, 0) is 24.8 Å². The highest BCUT2D eigenvalue weighted by Crippen LogP contribution is 2.28. The van der Waals surface area contributed by atoms with Crippen molar-refractivity contribution < 1.29 is 23.5 Å². The molecule has 1 aliphatic carbocycles. The lowest BCUT2D eigenvalue weighted by Crippen LogP contribution is -2.44. The molecule has 1 fully saturated rings. The molecule has 0 spiro atoms. The Hall–Kier alpha value is -3.23. The summed E-state index contributed by atoms with van der Waals surface area (Å²) in [5.74, 6) is -3.13. The molecule has 1 aliphatic heterocycles. The van der Waals surface area contributed by atoms with E-state index in [1.165, 1.54) is 16.8 Å². The van der Waals surface area contributed by atoms with Crippen molar-refractivity contribution in [2.75, 3.05) is 13.1 Å². The van der Waals surface area contributed by atoms with Crippen molar-refractivity contribution in [2.45, 2.75) is 38.8 Å². The number of hydrogen-bond acceptors (Lipinski definition) is 4. The van der Waals surface area contributed by atoms with Gasteiger partial charge in [-0.3, -0.25) is 14.4 Å². The second kappa shape index (κ2) is 8.49. The van der Waals surface area contributed by atoms with Gasteiger partial charge in [-0.15, -0.1) is 0 Å². The fraction of sp³-hybridized carbons (Fsp3) is 0.409. The van der Waals surface area contributed by atoms with Crippen LogP contribution in [0.1, 0.15) is 52.1 Å². The number of aromatic hydroxyl groups is 1. The van der Waals surface area contributed by atoms with Gasteiger partial charge in [-0.2, -0.15) is 0 Å². The molecule has 164 valence electrons. The van der Waals surface area contributed by atoms with Crippen molar-refractivity contribution in [3.63, 3.8) is 0 Å². The van der Waals surface area contributed by atoms with E-state index in [0.717, 1.165) is 31.7 Å². The van der Waals surface area contributed by atoms with Crippen LogP contribution in [0.4, 0.5) is 8.78 Å². The standard InChI is InChI=1S/C22H23F2N3O4/c23-15-6-5-14(17(24)9-15)10-25-21(30)16-12-26-7-8-27(11-13-3-1-2-4-13)22(31)18(26)20(29)19(16)28/h5-6,9,12-13,29H,1-4,7-8,10-11H2,(H,25,30). The fourth-order valence-corrected chi connectivity index (χ4v) is 4.31. The normalized spacial score (nSPS) is 16.5. The van der Waals surface area contributed by atoms with Gasteiger partial charge < -0.3 is 19.9 Å². The number of nitrogens with zero attached hydrogens (tertiary/aromatic N) is 2. The highest BCUT2D eigenvalue weighted by atomic mass is 19.1. The summed E-state index contributed by atoms with van der Waals surface area (Å²) >= 11 is 0. The highest BCUT2D eigenvalue weighted by Gasteiger charge is 2.32. The average molecular weight is 431 g/mol. The zero-order valence-corrected chi connectivity index (χ0v) is 16.9. The summed E-state index contributed by atoms with van der Waals surface area (Å²) in [6.45, 7) is 1.10. The van der Waals surface area contributed by atoms with Crippen LogP contribution < -0.4 is 10.7 Å². The van der Waals surface area contributed by atoms with Crippen LogP contribution in [-0.2, 0) is 13.1 Å². The lowest BCUT2D eigenvalue weighted by atomic mass is 10.1. The Morgan fingerprint density at radius 1 is 1.16 bits per heavy atom. The van der Waals surface area contributed by atoms with Gasteiger partial charge in [-0.25, -0.2) is 8.78 Å². The van der Waals surface area contributed by atoms with Crippen LogP contribution in [-0.4, -0.2) is 39.5 Å². The third kappa shape index (κ3) is 4.17. The molecule has 7 nitrogen and oxygen atoms in total. The monoisotopic (exact) mass is 431 g/mol. The number of carbonyl (C=O) groups excluding carboxylic acids is 2. The smallest absolute Gasteiger partial charge is 0.274 e. The number of halogens is 2. The Labute approximate surface area is 177 Å². The van der Waals surface area contributed by atoms with Crippen molar-refractivity contribution >= 4 is 11.8 Å². The maximum Gasteiger partial charge on any atom is 0.274 e. The van der Waals surface area contributed by atoms with Crippen LogP contribution in [0.2, 0.25) is 0 Å². The minimum absolute atomic E-state index is 0.0507. The van der Waals surface area contributed by atoms with E-state index >= 15 is 0 Å². The lowest BCUT2D eigenvalue weighted by molar-refractivity contribution is 0.0666. The molecule has 4 rings (SSSR count). The molecule has 2 aliphatic rings. The maximum atomic E-state index is 13.8. The highest BCUT2D eigenvalue weighted by molar-refractivity contribution is 5.99. The van der Waals surface area contributed by atoms with E-state index in [1.54, 1.807) is 4.90 Å². The number of pyridine rings is 1. The summed E-state index contributed by atoms with van der Waals surface area (Å²) in [5.41, 5.74) is -1.37. The molecule has 1 aromatic carbocycles. The first-order valence-electron chi connectivity index (χ1n) is 10.3. The molecule has 0 saturated heterocycles. The zero-order valence-electron chi connectivity index (χ0n) is 16.9. The van der Waals surface area contributed by atoms with E-state index in [9.17, 15) is 28.3 Å². The van der Waals surface area contributed by atoms with Gasteiger partial charge in [0.25, 0.3) is 11.8 Å². The molecule has 9 heteroatoms. The second-order valence-electron chi connectivity index (χ2n) is 8.08. The number of aromatic nitrogens is 1. The SMILES string of the molecule is O=C(NCc1ccc(F)cc1F)c1cn2c(c(O)c1=O)C(=O)N(CC1CCCC1)CC2. The van der Waals surface area contributed by atoms with Gasteiger partial charge in [0.2, 0.25) is 5.43 Å². The van der Waals surface area contributed by atoms with Gasteiger partial charge in [0.15, 0.2) is 11.4 Å². The molecule has 2 heterocycles. The molecule has 0 radical (unpaired) electrons. The van der Waals surface area contributed by atoms with Crippen molar-refractivity contribution in [2.24, 2.45) is 5.92 Å². The average Bonchev–Trinajstić information content (AvgIpc) is 3.25. The summed E-state index contributed by atoms with van der Waals surface area (Å²) in [4.78, 5) is 39.6. The van der Waals surface area contributed by atoms with Crippen molar-refractivity contribution in [3.8, 4) is 5.75 Å². The minimum Gasteiger partial charge on any atom is -0.503 e. The molecule has 0 unspecified atom stereocenters. The number of amides is 2. The number of benzene rings is 1. The van der Waals surface area contributed by atoms with Gasteiger partial charge in [0.1, 0.15) is 17.2 Å². The predicted molar refractivity (Wildman–Crippen MR) is 108 cm³/mol. The van der Waals surface area contributed by atoms with E-state index in [0.29, 0.717) is 31.6 Å². The molecule has 2 N–H and O–H groups in total. The number of hydrogen-bond donors (Lipinski definition) is 2. The van der Waals surface area contributed by atoms with Crippen LogP contribution >= 0.6 is 0 Å². The van der Waals surface area contributed by atoms with E-state index in [4.69, 9.17) is 0 Å². The Morgan fingerprint density at radius 3 is 2.61 bits per heavy atom. The van der Waals surface area contributed by atoms with E-state index in [-0.39, 0.29) is 23.4 Å². The molecule has 2 amide bonds. The van der Waals surface area contributed by atoms with Crippen LogP contribution in [0.15, 0.2) is 29.2 Å². The Morgan fingerprint density at radius 2 is 1.90 bits per heavy atom. The molecule has 1 saturated carbocycles. The first-order valence-corrected chi connectivity index (χ1v) is 10.3. The molecule has 2 aromatic rings. The summed E-state index contributed by atoms with van der Waals surface area (Å²) in [6, 6.07) is 2.96. The van der Waals surface area contributed by atoms with Crippen LogP contribution in [0, 0.1) is 17.6 Å². The molecule has 31 heavy (non-hydrogen) atoms. The fourth-order valence-electron chi connectivity index (χ4n) is 4.31. The van der Waals surface area contributed by atoms with Crippen molar-refractivity contribution in [1.82, 2.24) is 14.8 Å². The van der Waals surface area contributed by atoms with E-state index in [2.05, 4.69) is 5.32 Å². The summed E-state index contributed by atoms with van der Waals surface area (Å²) in [6.07, 6.45) is 5.67. The largest absolute Gasteiger partial charge is 0.503 e. The third-order valence-electron chi connectivity index (χ3n) is 6.01. The van der Waals surface area contributed by atoms with Crippen LogP contribution in [0.25, 0.3) is 0 Å². The van der Waals surface area contributed by atoms with Gasteiger partial charge >= 0.3 is 0 Å².